The lowest BCUT2D eigenvalue weighted by Gasteiger charge is -2.51. The minimum atomic E-state index is -0.0192. The molecule has 0 radical (unpaired) electrons. The van der Waals surface area contributed by atoms with Crippen LogP contribution in [0.1, 0.15) is 48.8 Å². The van der Waals surface area contributed by atoms with Crippen LogP contribution in [0.5, 0.6) is 5.75 Å². The van der Waals surface area contributed by atoms with E-state index in [2.05, 4.69) is 23.5 Å². The zero-order valence-electron chi connectivity index (χ0n) is 21.5. The third-order valence-electron chi connectivity index (χ3n) is 8.43. The number of nitrogens with one attached hydrogen (secondary N) is 1. The Morgan fingerprint density at radius 3 is 2.19 bits per heavy atom. The van der Waals surface area contributed by atoms with Crippen molar-refractivity contribution in [3.63, 3.8) is 0 Å². The third kappa shape index (κ3) is 5.29. The van der Waals surface area contributed by atoms with Crippen LogP contribution in [0.15, 0.2) is 84.4 Å². The van der Waals surface area contributed by atoms with E-state index in [-0.39, 0.29) is 5.91 Å². The zero-order chi connectivity index (χ0) is 25.2. The van der Waals surface area contributed by atoms with Crippen molar-refractivity contribution in [2.75, 3.05) is 12.4 Å². The standard InChI is InChI=1S/C33H35NO3/c1-36-33(32-27-15-24-14-25(17-27)18-28(32)16-24)26-8-5-9-30(20-26)37-21-23-10-12-29(13-11-23)34-31(35)19-22-6-3-2-4-7-22/h2-13,20,24-25,27-28H,14-19,21H2,1H3,(H,34,35). The first kappa shape index (κ1) is 23.8. The molecule has 4 heteroatoms. The van der Waals surface area contributed by atoms with Gasteiger partial charge in [-0.1, -0.05) is 54.6 Å². The monoisotopic (exact) mass is 493 g/mol. The maximum absolute atomic E-state index is 12.3. The number of hydrogen-bond acceptors (Lipinski definition) is 3. The van der Waals surface area contributed by atoms with Crippen LogP contribution in [-0.2, 0) is 22.6 Å². The molecule has 0 aliphatic heterocycles. The molecule has 4 aliphatic rings. The minimum Gasteiger partial charge on any atom is -0.496 e. The number of benzene rings is 3. The van der Waals surface area contributed by atoms with Crippen LogP contribution in [0.3, 0.4) is 0 Å². The maximum Gasteiger partial charge on any atom is 0.228 e. The Kier molecular flexibility index (Phi) is 6.73. The van der Waals surface area contributed by atoms with Crippen LogP contribution in [0.4, 0.5) is 5.69 Å². The van der Waals surface area contributed by atoms with Gasteiger partial charge >= 0.3 is 0 Å². The highest BCUT2D eigenvalue weighted by atomic mass is 16.5. The van der Waals surface area contributed by atoms with Crippen molar-refractivity contribution in [3.8, 4) is 5.75 Å². The van der Waals surface area contributed by atoms with Gasteiger partial charge in [-0.25, -0.2) is 0 Å². The highest BCUT2D eigenvalue weighted by Gasteiger charge is 2.46. The number of carbonyl (C=O) groups excluding carboxylic acids is 1. The van der Waals surface area contributed by atoms with E-state index in [0.717, 1.165) is 45.7 Å². The van der Waals surface area contributed by atoms with Crippen LogP contribution in [0, 0.1) is 23.7 Å². The molecule has 0 aromatic heterocycles. The summed E-state index contributed by atoms with van der Waals surface area (Å²) in [5.74, 6) is 5.16. The molecule has 0 spiro atoms. The molecule has 4 aliphatic carbocycles. The minimum absolute atomic E-state index is 0.0192. The molecule has 190 valence electrons. The fourth-order valence-electron chi connectivity index (χ4n) is 7.03. The Labute approximate surface area is 219 Å². The van der Waals surface area contributed by atoms with Crippen molar-refractivity contribution >= 4 is 17.4 Å². The molecule has 0 saturated heterocycles. The summed E-state index contributed by atoms with van der Waals surface area (Å²) in [6, 6.07) is 26.0. The SMILES string of the molecule is COC(=C1C2CC3CC(C2)CC1C3)c1cccc(OCc2ccc(NC(=O)Cc3ccccc3)cc2)c1. The highest BCUT2D eigenvalue weighted by molar-refractivity contribution is 5.92. The lowest BCUT2D eigenvalue weighted by Crippen LogP contribution is -2.40. The second-order valence-corrected chi connectivity index (χ2v) is 11.0. The number of carbonyl (C=O) groups is 1. The molecule has 4 nitrogen and oxygen atoms in total. The molecular formula is C33H35NO3. The quantitative estimate of drug-likeness (QED) is 0.336. The number of rotatable bonds is 8. The summed E-state index contributed by atoms with van der Waals surface area (Å²) in [5.41, 5.74) is 5.54. The Balaban J connectivity index is 1.09. The number of hydrogen-bond donors (Lipinski definition) is 1. The van der Waals surface area contributed by atoms with E-state index >= 15 is 0 Å². The van der Waals surface area contributed by atoms with Crippen LogP contribution < -0.4 is 10.1 Å². The number of amides is 1. The predicted molar refractivity (Wildman–Crippen MR) is 147 cm³/mol. The summed E-state index contributed by atoms with van der Waals surface area (Å²) >= 11 is 0. The van der Waals surface area contributed by atoms with E-state index in [1.165, 1.54) is 32.1 Å². The van der Waals surface area contributed by atoms with Crippen LogP contribution >= 0.6 is 0 Å². The molecule has 37 heavy (non-hydrogen) atoms. The van der Waals surface area contributed by atoms with E-state index in [4.69, 9.17) is 9.47 Å². The van der Waals surface area contributed by atoms with Gasteiger partial charge in [0.05, 0.1) is 13.5 Å². The normalized spacial score (nSPS) is 23.5. The van der Waals surface area contributed by atoms with Gasteiger partial charge in [-0.3, -0.25) is 4.79 Å². The Morgan fingerprint density at radius 2 is 1.51 bits per heavy atom. The summed E-state index contributed by atoms with van der Waals surface area (Å²) in [6.07, 6.45) is 7.18. The number of methoxy groups -OCH3 is 1. The van der Waals surface area contributed by atoms with Gasteiger partial charge in [-0.15, -0.1) is 0 Å². The lowest BCUT2D eigenvalue weighted by molar-refractivity contribution is -0.115. The van der Waals surface area contributed by atoms with Crippen molar-refractivity contribution in [2.45, 2.75) is 45.1 Å². The molecule has 0 heterocycles. The average molecular weight is 494 g/mol. The Bertz CT molecular complexity index is 1250. The summed E-state index contributed by atoms with van der Waals surface area (Å²) in [5, 5.41) is 2.97. The van der Waals surface area contributed by atoms with Crippen molar-refractivity contribution in [2.24, 2.45) is 23.7 Å². The van der Waals surface area contributed by atoms with Gasteiger partial charge < -0.3 is 14.8 Å². The van der Waals surface area contributed by atoms with Gasteiger partial charge in [-0.05, 0) is 96.7 Å². The zero-order valence-corrected chi connectivity index (χ0v) is 21.5. The maximum atomic E-state index is 12.3. The van der Waals surface area contributed by atoms with Crippen molar-refractivity contribution in [3.05, 3.63) is 101 Å². The van der Waals surface area contributed by atoms with Gasteiger partial charge in [-0.2, -0.15) is 0 Å². The van der Waals surface area contributed by atoms with Gasteiger partial charge in [0.25, 0.3) is 0 Å². The second kappa shape index (κ2) is 10.5. The fourth-order valence-corrected chi connectivity index (χ4v) is 7.03. The fraction of sp³-hybridized carbons (Fsp3) is 0.364. The number of ether oxygens (including phenoxy) is 2. The summed E-state index contributed by atoms with van der Waals surface area (Å²) < 4.78 is 12.2. The molecule has 0 atom stereocenters. The first-order valence-electron chi connectivity index (χ1n) is 13.6. The van der Waals surface area contributed by atoms with E-state index in [0.29, 0.717) is 24.9 Å². The number of allylic oxidation sites excluding steroid dienone is 1. The molecule has 4 saturated carbocycles. The largest absolute Gasteiger partial charge is 0.496 e. The van der Waals surface area contributed by atoms with Gasteiger partial charge in [0, 0.05) is 11.3 Å². The molecule has 1 N–H and O–H groups in total. The molecule has 3 aromatic carbocycles. The lowest BCUT2D eigenvalue weighted by atomic mass is 9.54. The topological polar surface area (TPSA) is 47.6 Å². The van der Waals surface area contributed by atoms with Crippen molar-refractivity contribution in [1.29, 1.82) is 0 Å². The molecule has 0 unspecified atom stereocenters. The first-order valence-corrected chi connectivity index (χ1v) is 13.6. The van der Waals surface area contributed by atoms with E-state index in [1.54, 1.807) is 5.57 Å². The summed E-state index contributed by atoms with van der Waals surface area (Å²) in [7, 11) is 1.82. The highest BCUT2D eigenvalue weighted by Crippen LogP contribution is 2.58. The molecule has 4 fully saturated rings. The molecule has 4 bridgehead atoms. The van der Waals surface area contributed by atoms with Crippen LogP contribution in [-0.4, -0.2) is 13.0 Å². The Hall–Kier alpha value is -3.53. The molecule has 3 aromatic rings. The van der Waals surface area contributed by atoms with Gasteiger partial charge in [0.2, 0.25) is 5.91 Å². The first-order chi connectivity index (χ1) is 18.1. The molecular weight excluding hydrogens is 458 g/mol. The Morgan fingerprint density at radius 1 is 0.811 bits per heavy atom. The summed E-state index contributed by atoms with van der Waals surface area (Å²) in [4.78, 5) is 12.3. The van der Waals surface area contributed by atoms with E-state index in [1.807, 2.05) is 67.8 Å². The van der Waals surface area contributed by atoms with E-state index < -0.39 is 0 Å². The smallest absolute Gasteiger partial charge is 0.228 e. The van der Waals surface area contributed by atoms with Crippen LogP contribution in [0.25, 0.3) is 5.76 Å². The third-order valence-corrected chi connectivity index (χ3v) is 8.43. The van der Waals surface area contributed by atoms with Gasteiger partial charge in [0.15, 0.2) is 0 Å². The molecule has 1 amide bonds. The second-order valence-electron chi connectivity index (χ2n) is 11.0. The van der Waals surface area contributed by atoms with Crippen molar-refractivity contribution in [1.82, 2.24) is 0 Å². The van der Waals surface area contributed by atoms with Crippen molar-refractivity contribution < 1.29 is 14.3 Å². The van der Waals surface area contributed by atoms with Gasteiger partial charge in [0.1, 0.15) is 18.1 Å². The van der Waals surface area contributed by atoms with E-state index in [9.17, 15) is 4.79 Å². The van der Waals surface area contributed by atoms with Crippen LogP contribution in [0.2, 0.25) is 0 Å². The predicted octanol–water partition coefficient (Wildman–Crippen LogP) is 7.26. The average Bonchev–Trinajstić information content (AvgIpc) is 2.90. The summed E-state index contributed by atoms with van der Waals surface area (Å²) in [6.45, 7) is 0.467. The molecule has 7 rings (SSSR count). The number of anilines is 1.